The van der Waals surface area contributed by atoms with E-state index in [0.717, 1.165) is 11.3 Å². The molecule has 1 aliphatic heterocycles. The van der Waals surface area contributed by atoms with Gasteiger partial charge in [-0.2, -0.15) is 0 Å². The zero-order valence-electron chi connectivity index (χ0n) is 15.9. The molecule has 3 rings (SSSR count). The summed E-state index contributed by atoms with van der Waals surface area (Å²) in [6.07, 6.45) is 1.86. The zero-order valence-corrected chi connectivity index (χ0v) is 17.5. The first-order valence-corrected chi connectivity index (χ1v) is 10.1. The molecule has 4 amide bonds. The highest BCUT2D eigenvalue weighted by Crippen LogP contribution is 2.34. The Morgan fingerprint density at radius 2 is 1.86 bits per heavy atom. The summed E-state index contributed by atoms with van der Waals surface area (Å²) in [5, 5.41) is 5.43. The summed E-state index contributed by atoms with van der Waals surface area (Å²) in [7, 11) is 0. The van der Waals surface area contributed by atoms with Crippen LogP contribution in [0.25, 0.3) is 0 Å². The van der Waals surface area contributed by atoms with Crippen molar-refractivity contribution in [3.05, 3.63) is 64.4 Å². The van der Waals surface area contributed by atoms with E-state index in [2.05, 4.69) is 26.6 Å². The van der Waals surface area contributed by atoms with Gasteiger partial charge in [-0.05, 0) is 52.2 Å². The summed E-state index contributed by atoms with van der Waals surface area (Å²) >= 11 is 3.34. The minimum atomic E-state index is -1.30. The van der Waals surface area contributed by atoms with Crippen molar-refractivity contribution in [3.8, 4) is 0 Å². The number of halogens is 2. The normalized spacial score (nSPS) is 18.7. The standard InChI is InChI=1S/C21H21BrFN3O3/c1-2-3-12-21(14-8-10-15(23)11-9-14)19(28)26(20(29)25-21)13-18(27)24-17-7-5-4-6-16(17)22/h4-11H,2-3,12-13H2,1H3,(H,24,27)(H,25,29). The lowest BCUT2D eigenvalue weighted by molar-refractivity contribution is -0.134. The van der Waals surface area contributed by atoms with Crippen molar-refractivity contribution in [1.29, 1.82) is 0 Å². The van der Waals surface area contributed by atoms with E-state index in [4.69, 9.17) is 0 Å². The predicted molar refractivity (Wildman–Crippen MR) is 111 cm³/mol. The van der Waals surface area contributed by atoms with Crippen molar-refractivity contribution in [1.82, 2.24) is 10.2 Å². The fourth-order valence-electron chi connectivity index (χ4n) is 3.35. The van der Waals surface area contributed by atoms with Crippen molar-refractivity contribution in [2.75, 3.05) is 11.9 Å². The van der Waals surface area contributed by atoms with Crippen LogP contribution in [0.3, 0.4) is 0 Å². The van der Waals surface area contributed by atoms with Crippen LogP contribution in [-0.2, 0) is 15.1 Å². The number of rotatable bonds is 7. The molecule has 1 atom stereocenters. The molecule has 0 radical (unpaired) electrons. The third-order valence-electron chi connectivity index (χ3n) is 4.87. The fraction of sp³-hybridized carbons (Fsp3) is 0.286. The second kappa shape index (κ2) is 8.73. The second-order valence-corrected chi connectivity index (χ2v) is 7.72. The van der Waals surface area contributed by atoms with Gasteiger partial charge in [0.15, 0.2) is 0 Å². The molecule has 0 saturated carbocycles. The number of unbranched alkanes of at least 4 members (excludes halogenated alkanes) is 1. The third kappa shape index (κ3) is 4.32. The van der Waals surface area contributed by atoms with E-state index in [1.807, 2.05) is 13.0 Å². The van der Waals surface area contributed by atoms with Crippen LogP contribution in [0, 0.1) is 5.82 Å². The summed E-state index contributed by atoms with van der Waals surface area (Å²) < 4.78 is 14.1. The van der Waals surface area contributed by atoms with Crippen LogP contribution in [0.2, 0.25) is 0 Å². The summed E-state index contributed by atoms with van der Waals surface area (Å²) in [6, 6.07) is 11.9. The summed E-state index contributed by atoms with van der Waals surface area (Å²) in [5.41, 5.74) is -0.256. The first kappa shape index (κ1) is 21.0. The SMILES string of the molecule is CCCCC1(c2ccc(F)cc2)NC(=O)N(CC(=O)Nc2ccccc2Br)C1=O. The van der Waals surface area contributed by atoms with E-state index in [0.29, 0.717) is 28.6 Å². The number of imide groups is 1. The van der Waals surface area contributed by atoms with Gasteiger partial charge in [0.25, 0.3) is 5.91 Å². The first-order chi connectivity index (χ1) is 13.9. The number of nitrogens with zero attached hydrogens (tertiary/aromatic N) is 1. The van der Waals surface area contributed by atoms with Gasteiger partial charge in [-0.15, -0.1) is 0 Å². The first-order valence-electron chi connectivity index (χ1n) is 9.32. The third-order valence-corrected chi connectivity index (χ3v) is 5.56. The molecule has 1 unspecified atom stereocenters. The molecule has 0 aliphatic carbocycles. The summed E-state index contributed by atoms with van der Waals surface area (Å²) in [4.78, 5) is 39.2. The molecule has 2 aromatic rings. The van der Waals surface area contributed by atoms with Crippen LogP contribution in [0.15, 0.2) is 53.0 Å². The second-order valence-electron chi connectivity index (χ2n) is 6.87. The Bertz CT molecular complexity index is 935. The van der Waals surface area contributed by atoms with Gasteiger partial charge in [-0.25, -0.2) is 9.18 Å². The van der Waals surface area contributed by atoms with Crippen molar-refractivity contribution in [3.63, 3.8) is 0 Å². The number of nitrogens with one attached hydrogen (secondary N) is 2. The molecule has 8 heteroatoms. The summed E-state index contributed by atoms with van der Waals surface area (Å²) in [6.45, 7) is 1.56. The zero-order chi connectivity index (χ0) is 21.0. The minimum Gasteiger partial charge on any atom is -0.324 e. The Labute approximate surface area is 176 Å². The van der Waals surface area contributed by atoms with Gasteiger partial charge in [-0.3, -0.25) is 14.5 Å². The van der Waals surface area contributed by atoms with Crippen LogP contribution in [-0.4, -0.2) is 29.3 Å². The van der Waals surface area contributed by atoms with E-state index in [1.54, 1.807) is 18.2 Å². The molecule has 29 heavy (non-hydrogen) atoms. The van der Waals surface area contributed by atoms with E-state index in [-0.39, 0.29) is 0 Å². The topological polar surface area (TPSA) is 78.5 Å². The predicted octanol–water partition coefficient (Wildman–Crippen LogP) is 4.16. The largest absolute Gasteiger partial charge is 0.325 e. The number of carbonyl (C=O) groups excluding carboxylic acids is 3. The number of amides is 4. The van der Waals surface area contributed by atoms with Gasteiger partial charge < -0.3 is 10.6 Å². The highest BCUT2D eigenvalue weighted by molar-refractivity contribution is 9.10. The van der Waals surface area contributed by atoms with Crippen LogP contribution in [0.5, 0.6) is 0 Å². The van der Waals surface area contributed by atoms with Gasteiger partial charge in [0.1, 0.15) is 17.9 Å². The van der Waals surface area contributed by atoms with Gasteiger partial charge >= 0.3 is 6.03 Å². The monoisotopic (exact) mass is 461 g/mol. The molecule has 1 fully saturated rings. The van der Waals surface area contributed by atoms with Crippen molar-refractivity contribution in [2.45, 2.75) is 31.7 Å². The van der Waals surface area contributed by atoms with E-state index in [1.165, 1.54) is 24.3 Å². The van der Waals surface area contributed by atoms with Gasteiger partial charge in [0.05, 0.1) is 5.69 Å². The average Bonchev–Trinajstić information content (AvgIpc) is 2.94. The fourth-order valence-corrected chi connectivity index (χ4v) is 3.74. The van der Waals surface area contributed by atoms with Crippen molar-refractivity contribution in [2.24, 2.45) is 0 Å². The smallest absolute Gasteiger partial charge is 0.324 e. The molecule has 2 aromatic carbocycles. The number of hydrogen-bond acceptors (Lipinski definition) is 3. The number of hydrogen-bond donors (Lipinski definition) is 2. The quantitative estimate of drug-likeness (QED) is 0.607. The van der Waals surface area contributed by atoms with Crippen LogP contribution < -0.4 is 10.6 Å². The van der Waals surface area contributed by atoms with Gasteiger partial charge in [0, 0.05) is 4.47 Å². The molecule has 1 aliphatic rings. The van der Waals surface area contributed by atoms with Crippen LogP contribution in [0.1, 0.15) is 31.7 Å². The maximum absolute atomic E-state index is 13.4. The molecule has 2 N–H and O–H groups in total. The average molecular weight is 462 g/mol. The number of benzene rings is 2. The Hall–Kier alpha value is -2.74. The molecule has 0 aromatic heterocycles. The minimum absolute atomic E-state index is 0.363. The van der Waals surface area contributed by atoms with Gasteiger partial charge in [-0.1, -0.05) is 44.0 Å². The highest BCUT2D eigenvalue weighted by Gasteiger charge is 2.52. The van der Waals surface area contributed by atoms with Crippen LogP contribution >= 0.6 is 15.9 Å². The van der Waals surface area contributed by atoms with Crippen molar-refractivity contribution < 1.29 is 18.8 Å². The molecule has 152 valence electrons. The van der Waals surface area contributed by atoms with Gasteiger partial charge in [0.2, 0.25) is 5.91 Å². The Morgan fingerprint density at radius 1 is 1.17 bits per heavy atom. The molecule has 0 bridgehead atoms. The maximum Gasteiger partial charge on any atom is 0.325 e. The molecule has 1 saturated heterocycles. The number of anilines is 1. The summed E-state index contributed by atoms with van der Waals surface area (Å²) in [5.74, 6) is -1.43. The molecular weight excluding hydrogens is 441 g/mol. The molecule has 1 heterocycles. The molecular formula is C21H21BrFN3O3. The molecule has 6 nitrogen and oxygen atoms in total. The van der Waals surface area contributed by atoms with E-state index < -0.39 is 35.7 Å². The number of para-hydroxylation sites is 1. The Kier molecular flexibility index (Phi) is 6.32. The lowest BCUT2D eigenvalue weighted by Crippen LogP contribution is -2.44. The Morgan fingerprint density at radius 3 is 2.52 bits per heavy atom. The lowest BCUT2D eigenvalue weighted by Gasteiger charge is -2.27. The number of carbonyl (C=O) groups is 3. The molecule has 0 spiro atoms. The maximum atomic E-state index is 13.4. The lowest BCUT2D eigenvalue weighted by atomic mass is 9.85. The number of urea groups is 1. The highest BCUT2D eigenvalue weighted by atomic mass is 79.9. The van der Waals surface area contributed by atoms with E-state index >= 15 is 0 Å². The van der Waals surface area contributed by atoms with Crippen molar-refractivity contribution >= 4 is 39.5 Å². The van der Waals surface area contributed by atoms with E-state index in [9.17, 15) is 18.8 Å². The van der Waals surface area contributed by atoms with Crippen LogP contribution in [0.4, 0.5) is 14.9 Å². The Balaban J connectivity index is 1.83.